The van der Waals surface area contributed by atoms with Crippen molar-refractivity contribution in [2.24, 2.45) is 0 Å². The Hall–Kier alpha value is -2.11. The van der Waals surface area contributed by atoms with E-state index in [0.29, 0.717) is 0 Å². The molecule has 1 aliphatic rings. The molecule has 0 unspecified atom stereocenters. The van der Waals surface area contributed by atoms with Crippen molar-refractivity contribution in [3.05, 3.63) is 30.1 Å². The number of nitrogens with one attached hydrogen (secondary N) is 1. The summed E-state index contributed by atoms with van der Waals surface area (Å²) in [5.74, 6) is -0.985. The molecule has 0 atom stereocenters. The summed E-state index contributed by atoms with van der Waals surface area (Å²) in [7, 11) is 1.28. The first-order valence-electron chi connectivity index (χ1n) is 7.01. The van der Waals surface area contributed by atoms with Crippen LogP contribution >= 0.6 is 0 Å². The molecule has 0 radical (unpaired) electrons. The van der Waals surface area contributed by atoms with E-state index in [1.54, 1.807) is 12.1 Å². The molecule has 1 fully saturated rings. The highest BCUT2D eigenvalue weighted by Crippen LogP contribution is 2.24. The molecule has 114 valence electrons. The molecule has 1 aliphatic carbocycles. The molecule has 6 heteroatoms. The van der Waals surface area contributed by atoms with Crippen molar-refractivity contribution in [3.8, 4) is 0 Å². The number of rotatable bonds is 4. The van der Waals surface area contributed by atoms with Gasteiger partial charge < -0.3 is 15.0 Å². The average molecular weight is 294 g/mol. The number of methoxy groups -OCH3 is 1. The Morgan fingerprint density at radius 3 is 2.62 bits per heavy atom. The Morgan fingerprint density at radius 1 is 1.33 bits per heavy atom. The van der Waals surface area contributed by atoms with E-state index in [2.05, 4.69) is 10.1 Å². The van der Waals surface area contributed by atoms with Gasteiger partial charge in [-0.25, -0.2) is 9.18 Å². The first-order chi connectivity index (χ1) is 10.1. The quantitative estimate of drug-likeness (QED) is 0.869. The Balaban J connectivity index is 2.10. The summed E-state index contributed by atoms with van der Waals surface area (Å²) in [5.41, 5.74) is 0.107. The second kappa shape index (κ2) is 7.06. The van der Waals surface area contributed by atoms with E-state index < -0.39 is 17.8 Å². The minimum absolute atomic E-state index is 0.00382. The third-order valence-corrected chi connectivity index (χ3v) is 3.67. The lowest BCUT2D eigenvalue weighted by Gasteiger charge is -2.28. The van der Waals surface area contributed by atoms with Gasteiger partial charge in [0.1, 0.15) is 12.4 Å². The van der Waals surface area contributed by atoms with E-state index in [-0.39, 0.29) is 18.3 Å². The molecular weight excluding hydrogens is 275 g/mol. The van der Waals surface area contributed by atoms with Crippen LogP contribution in [-0.2, 0) is 9.53 Å². The molecule has 5 nitrogen and oxygen atoms in total. The lowest BCUT2D eigenvalue weighted by atomic mass is 10.2. The maximum Gasteiger partial charge on any atom is 0.325 e. The largest absolute Gasteiger partial charge is 0.468 e. The van der Waals surface area contributed by atoms with Gasteiger partial charge in [0.05, 0.1) is 12.8 Å². The molecule has 0 aromatic heterocycles. The number of carbonyl (C=O) groups excluding carboxylic acids is 2. The van der Waals surface area contributed by atoms with Crippen molar-refractivity contribution in [3.63, 3.8) is 0 Å². The summed E-state index contributed by atoms with van der Waals surface area (Å²) in [4.78, 5) is 25.3. The number of halogens is 1. The summed E-state index contributed by atoms with van der Waals surface area (Å²) in [6.45, 7) is -0.124. The Bertz CT molecular complexity index is 515. The lowest BCUT2D eigenvalue weighted by molar-refractivity contribution is -0.141. The SMILES string of the molecule is COC(=O)CN(C(=O)Nc1ccccc1F)C1CCCC1. The van der Waals surface area contributed by atoms with Crippen molar-refractivity contribution in [2.45, 2.75) is 31.7 Å². The molecule has 2 rings (SSSR count). The van der Waals surface area contributed by atoms with Crippen LogP contribution in [0.1, 0.15) is 25.7 Å². The van der Waals surface area contributed by atoms with Gasteiger partial charge in [-0.3, -0.25) is 4.79 Å². The molecule has 1 N–H and O–H groups in total. The Labute approximate surface area is 123 Å². The molecule has 0 bridgehead atoms. The molecule has 0 heterocycles. The van der Waals surface area contributed by atoms with Crippen LogP contribution in [0.3, 0.4) is 0 Å². The minimum atomic E-state index is -0.504. The molecular formula is C15H19FN2O3. The van der Waals surface area contributed by atoms with Crippen molar-refractivity contribution in [1.82, 2.24) is 4.90 Å². The second-order valence-electron chi connectivity index (χ2n) is 5.05. The van der Waals surface area contributed by atoms with E-state index in [4.69, 9.17) is 0 Å². The Kier molecular flexibility index (Phi) is 5.14. The first-order valence-corrected chi connectivity index (χ1v) is 7.01. The van der Waals surface area contributed by atoms with Gasteiger partial charge in [0.15, 0.2) is 0 Å². The average Bonchev–Trinajstić information content (AvgIpc) is 3.00. The number of hydrogen-bond acceptors (Lipinski definition) is 3. The number of para-hydroxylation sites is 1. The summed E-state index contributed by atoms with van der Waals surface area (Å²) < 4.78 is 18.2. The topological polar surface area (TPSA) is 58.6 Å². The van der Waals surface area contributed by atoms with Crippen LogP contribution in [0.15, 0.2) is 24.3 Å². The fourth-order valence-corrected chi connectivity index (χ4v) is 2.54. The second-order valence-corrected chi connectivity index (χ2v) is 5.05. The van der Waals surface area contributed by atoms with E-state index in [1.165, 1.54) is 24.1 Å². The summed E-state index contributed by atoms with van der Waals surface area (Å²) in [5, 5.41) is 2.52. The Morgan fingerprint density at radius 2 is 2.00 bits per heavy atom. The van der Waals surface area contributed by atoms with Crippen LogP contribution in [0, 0.1) is 5.82 Å². The number of hydrogen-bond donors (Lipinski definition) is 1. The van der Waals surface area contributed by atoms with Crippen LogP contribution in [0.25, 0.3) is 0 Å². The zero-order valence-corrected chi connectivity index (χ0v) is 12.0. The molecule has 1 aromatic carbocycles. The van der Waals surface area contributed by atoms with Gasteiger partial charge in [0, 0.05) is 6.04 Å². The van der Waals surface area contributed by atoms with Gasteiger partial charge in [-0.15, -0.1) is 0 Å². The highest BCUT2D eigenvalue weighted by atomic mass is 19.1. The number of urea groups is 1. The number of carbonyl (C=O) groups is 2. The van der Waals surface area contributed by atoms with Crippen LogP contribution < -0.4 is 5.32 Å². The van der Waals surface area contributed by atoms with Crippen molar-refractivity contribution >= 4 is 17.7 Å². The van der Waals surface area contributed by atoms with Gasteiger partial charge in [-0.05, 0) is 25.0 Å². The van der Waals surface area contributed by atoms with E-state index in [9.17, 15) is 14.0 Å². The first kappa shape index (κ1) is 15.3. The van der Waals surface area contributed by atoms with Crippen LogP contribution in [0.2, 0.25) is 0 Å². The molecule has 2 amide bonds. The van der Waals surface area contributed by atoms with E-state index in [0.717, 1.165) is 25.7 Å². The number of benzene rings is 1. The number of nitrogens with zero attached hydrogens (tertiary/aromatic N) is 1. The molecule has 0 aliphatic heterocycles. The third-order valence-electron chi connectivity index (χ3n) is 3.67. The van der Waals surface area contributed by atoms with Crippen LogP contribution in [0.5, 0.6) is 0 Å². The standard InChI is InChI=1S/C15H19FN2O3/c1-21-14(19)10-18(11-6-2-3-7-11)15(20)17-13-9-5-4-8-12(13)16/h4-5,8-9,11H,2-3,6-7,10H2,1H3,(H,17,20). The fourth-order valence-electron chi connectivity index (χ4n) is 2.54. The zero-order chi connectivity index (χ0) is 15.2. The van der Waals surface area contributed by atoms with Gasteiger partial charge in [0.2, 0.25) is 0 Å². The number of anilines is 1. The summed E-state index contributed by atoms with van der Waals surface area (Å²) >= 11 is 0. The monoisotopic (exact) mass is 294 g/mol. The molecule has 0 spiro atoms. The zero-order valence-electron chi connectivity index (χ0n) is 12.0. The van der Waals surface area contributed by atoms with Gasteiger partial charge in [-0.1, -0.05) is 25.0 Å². The molecule has 1 saturated carbocycles. The predicted octanol–water partition coefficient (Wildman–Crippen LogP) is 2.78. The van der Waals surface area contributed by atoms with Gasteiger partial charge >= 0.3 is 12.0 Å². The molecule has 1 aromatic rings. The van der Waals surface area contributed by atoms with Crippen molar-refractivity contribution in [2.75, 3.05) is 19.0 Å². The predicted molar refractivity (Wildman–Crippen MR) is 76.4 cm³/mol. The summed E-state index contributed by atoms with van der Waals surface area (Å²) in [6, 6.07) is 5.47. The van der Waals surface area contributed by atoms with Gasteiger partial charge in [-0.2, -0.15) is 0 Å². The van der Waals surface area contributed by atoms with Gasteiger partial charge in [0.25, 0.3) is 0 Å². The summed E-state index contributed by atoms with van der Waals surface area (Å²) in [6.07, 6.45) is 3.74. The fraction of sp³-hybridized carbons (Fsp3) is 0.467. The highest BCUT2D eigenvalue weighted by molar-refractivity contribution is 5.91. The number of esters is 1. The number of amides is 2. The molecule has 0 saturated heterocycles. The third kappa shape index (κ3) is 3.93. The lowest BCUT2D eigenvalue weighted by Crippen LogP contribution is -2.45. The number of ether oxygens (including phenoxy) is 1. The minimum Gasteiger partial charge on any atom is -0.468 e. The smallest absolute Gasteiger partial charge is 0.325 e. The van der Waals surface area contributed by atoms with E-state index in [1.807, 2.05) is 0 Å². The van der Waals surface area contributed by atoms with Crippen LogP contribution in [0.4, 0.5) is 14.9 Å². The molecule has 21 heavy (non-hydrogen) atoms. The van der Waals surface area contributed by atoms with Crippen molar-refractivity contribution in [1.29, 1.82) is 0 Å². The normalized spacial score (nSPS) is 14.8. The van der Waals surface area contributed by atoms with Crippen molar-refractivity contribution < 1.29 is 18.7 Å². The van der Waals surface area contributed by atoms with Crippen LogP contribution in [-0.4, -0.2) is 36.6 Å². The highest BCUT2D eigenvalue weighted by Gasteiger charge is 2.29. The maximum atomic E-state index is 13.6. The maximum absolute atomic E-state index is 13.6. The van der Waals surface area contributed by atoms with E-state index >= 15 is 0 Å².